The van der Waals surface area contributed by atoms with E-state index in [0.717, 1.165) is 23.0 Å². The zero-order valence-electron chi connectivity index (χ0n) is 9.62. The molecule has 0 amide bonds. The Bertz CT molecular complexity index is 439. The molecule has 0 spiro atoms. The molecule has 2 rings (SSSR count). The van der Waals surface area contributed by atoms with Crippen LogP contribution in [-0.2, 0) is 0 Å². The minimum absolute atomic E-state index is 0.189. The highest BCUT2D eigenvalue weighted by atomic mass is 79.9. The summed E-state index contributed by atoms with van der Waals surface area (Å²) < 4.78 is 0.828. The molecular formula is C13H16BrN3. The van der Waals surface area contributed by atoms with Crippen LogP contribution in [0.4, 0.5) is 5.69 Å². The molecule has 0 bridgehead atoms. The molecule has 0 aliphatic heterocycles. The lowest BCUT2D eigenvalue weighted by atomic mass is 9.90. The fourth-order valence-electron chi connectivity index (χ4n) is 2.30. The lowest BCUT2D eigenvalue weighted by Gasteiger charge is -2.30. The fraction of sp³-hybridized carbons (Fsp3) is 0.462. The lowest BCUT2D eigenvalue weighted by molar-refractivity contribution is 0.404. The molecule has 1 aromatic rings. The Hall–Kier alpha value is -1.05. The summed E-state index contributed by atoms with van der Waals surface area (Å²) in [7, 11) is 0. The number of rotatable bonds is 2. The maximum absolute atomic E-state index is 9.14. The minimum Gasteiger partial charge on any atom is -0.380 e. The van der Waals surface area contributed by atoms with E-state index in [1.54, 1.807) is 0 Å². The van der Waals surface area contributed by atoms with Crippen LogP contribution in [0.2, 0.25) is 0 Å². The van der Waals surface area contributed by atoms with Gasteiger partial charge in [-0.05, 0) is 40.9 Å². The third kappa shape index (κ3) is 2.80. The first-order valence-electron chi connectivity index (χ1n) is 5.93. The first kappa shape index (κ1) is 12.4. The van der Waals surface area contributed by atoms with Crippen LogP contribution < -0.4 is 11.1 Å². The molecule has 1 aliphatic carbocycles. The number of hydrogen-bond acceptors (Lipinski definition) is 3. The molecule has 0 aromatic heterocycles. The Morgan fingerprint density at radius 2 is 2.12 bits per heavy atom. The minimum atomic E-state index is 0.189. The number of hydrogen-bond donors (Lipinski definition) is 2. The molecule has 1 saturated carbocycles. The van der Waals surface area contributed by atoms with Crippen molar-refractivity contribution in [1.82, 2.24) is 0 Å². The van der Waals surface area contributed by atoms with Gasteiger partial charge >= 0.3 is 0 Å². The molecule has 2 unspecified atom stereocenters. The second-order valence-corrected chi connectivity index (χ2v) is 5.33. The van der Waals surface area contributed by atoms with E-state index in [1.807, 2.05) is 18.2 Å². The molecule has 0 saturated heterocycles. The van der Waals surface area contributed by atoms with Gasteiger partial charge in [0.05, 0.1) is 11.3 Å². The Morgan fingerprint density at radius 3 is 2.82 bits per heavy atom. The number of nitrogens with zero attached hydrogens (tertiary/aromatic N) is 1. The first-order valence-corrected chi connectivity index (χ1v) is 6.72. The van der Waals surface area contributed by atoms with Crippen molar-refractivity contribution in [3.8, 4) is 6.07 Å². The van der Waals surface area contributed by atoms with Crippen molar-refractivity contribution in [2.75, 3.05) is 5.32 Å². The lowest BCUT2D eigenvalue weighted by Crippen LogP contribution is -2.42. The summed E-state index contributed by atoms with van der Waals surface area (Å²) >= 11 is 3.39. The van der Waals surface area contributed by atoms with Gasteiger partial charge in [-0.15, -0.1) is 0 Å². The van der Waals surface area contributed by atoms with Gasteiger partial charge in [0.1, 0.15) is 6.07 Å². The van der Waals surface area contributed by atoms with Crippen LogP contribution in [0.15, 0.2) is 22.7 Å². The first-order chi connectivity index (χ1) is 8.22. The highest BCUT2D eigenvalue weighted by Gasteiger charge is 2.22. The average Bonchev–Trinajstić information content (AvgIpc) is 2.32. The molecule has 0 heterocycles. The topological polar surface area (TPSA) is 61.8 Å². The van der Waals surface area contributed by atoms with Crippen molar-refractivity contribution in [2.45, 2.75) is 37.8 Å². The number of anilines is 1. The standard InChI is InChI=1S/C13H16BrN3/c14-10-4-3-7-12(9(10)8-15)17-13-6-2-1-5-11(13)16/h3-4,7,11,13,17H,1-2,5-6,16H2. The molecule has 0 radical (unpaired) electrons. The number of nitrogens with two attached hydrogens (primary N) is 1. The number of nitriles is 1. The Balaban J connectivity index is 2.18. The molecule has 4 heteroatoms. The van der Waals surface area contributed by atoms with Crippen molar-refractivity contribution in [2.24, 2.45) is 5.73 Å². The fourth-order valence-corrected chi connectivity index (χ4v) is 2.75. The van der Waals surface area contributed by atoms with Crippen molar-refractivity contribution in [3.05, 3.63) is 28.2 Å². The van der Waals surface area contributed by atoms with E-state index < -0.39 is 0 Å². The summed E-state index contributed by atoms with van der Waals surface area (Å²) in [4.78, 5) is 0. The SMILES string of the molecule is N#Cc1c(Br)cccc1NC1CCCCC1N. The Morgan fingerprint density at radius 1 is 1.35 bits per heavy atom. The average molecular weight is 294 g/mol. The van der Waals surface area contributed by atoms with Crippen LogP contribution >= 0.6 is 15.9 Å². The molecule has 2 atom stereocenters. The molecule has 90 valence electrons. The van der Waals surface area contributed by atoms with Gasteiger partial charge in [-0.2, -0.15) is 5.26 Å². The van der Waals surface area contributed by atoms with Gasteiger partial charge in [-0.1, -0.05) is 18.9 Å². The second kappa shape index (κ2) is 5.52. The maximum atomic E-state index is 9.14. The predicted molar refractivity (Wildman–Crippen MR) is 72.7 cm³/mol. The highest BCUT2D eigenvalue weighted by Crippen LogP contribution is 2.27. The van der Waals surface area contributed by atoms with Gasteiger partial charge in [0, 0.05) is 16.6 Å². The van der Waals surface area contributed by atoms with Crippen LogP contribution in [0.1, 0.15) is 31.2 Å². The van der Waals surface area contributed by atoms with E-state index >= 15 is 0 Å². The van der Waals surface area contributed by atoms with E-state index in [2.05, 4.69) is 27.3 Å². The zero-order chi connectivity index (χ0) is 12.3. The molecule has 1 aromatic carbocycles. The van der Waals surface area contributed by atoms with Crippen molar-refractivity contribution in [3.63, 3.8) is 0 Å². The van der Waals surface area contributed by atoms with Gasteiger partial charge in [-0.25, -0.2) is 0 Å². The summed E-state index contributed by atoms with van der Waals surface area (Å²) in [5.41, 5.74) is 7.64. The third-order valence-corrected chi connectivity index (χ3v) is 3.95. The number of nitrogens with one attached hydrogen (secondary N) is 1. The van der Waals surface area contributed by atoms with E-state index in [9.17, 15) is 0 Å². The van der Waals surface area contributed by atoms with Gasteiger partial charge in [0.15, 0.2) is 0 Å². The second-order valence-electron chi connectivity index (χ2n) is 4.47. The Labute approximate surface area is 110 Å². The van der Waals surface area contributed by atoms with E-state index in [4.69, 9.17) is 11.0 Å². The molecule has 17 heavy (non-hydrogen) atoms. The van der Waals surface area contributed by atoms with E-state index in [-0.39, 0.29) is 12.1 Å². The number of halogens is 1. The molecular weight excluding hydrogens is 278 g/mol. The summed E-state index contributed by atoms with van der Waals surface area (Å²) in [6.45, 7) is 0. The van der Waals surface area contributed by atoms with Gasteiger partial charge in [0.2, 0.25) is 0 Å². The Kier molecular flexibility index (Phi) is 4.03. The molecule has 1 fully saturated rings. The number of benzene rings is 1. The predicted octanol–water partition coefficient (Wildman–Crippen LogP) is 3.00. The zero-order valence-corrected chi connectivity index (χ0v) is 11.2. The monoisotopic (exact) mass is 293 g/mol. The largest absolute Gasteiger partial charge is 0.380 e. The maximum Gasteiger partial charge on any atom is 0.103 e. The van der Waals surface area contributed by atoms with Crippen LogP contribution in [0.5, 0.6) is 0 Å². The van der Waals surface area contributed by atoms with Crippen LogP contribution in [0.3, 0.4) is 0 Å². The van der Waals surface area contributed by atoms with E-state index in [0.29, 0.717) is 5.56 Å². The smallest absolute Gasteiger partial charge is 0.103 e. The van der Waals surface area contributed by atoms with Crippen LogP contribution in [0, 0.1) is 11.3 Å². The van der Waals surface area contributed by atoms with Gasteiger partial charge in [-0.3, -0.25) is 0 Å². The normalized spacial score (nSPS) is 24.1. The molecule has 1 aliphatic rings. The van der Waals surface area contributed by atoms with Crippen molar-refractivity contribution >= 4 is 21.6 Å². The molecule has 3 nitrogen and oxygen atoms in total. The van der Waals surface area contributed by atoms with Crippen molar-refractivity contribution in [1.29, 1.82) is 5.26 Å². The highest BCUT2D eigenvalue weighted by molar-refractivity contribution is 9.10. The van der Waals surface area contributed by atoms with Gasteiger partial charge in [0.25, 0.3) is 0 Å². The summed E-state index contributed by atoms with van der Waals surface area (Å²) in [5, 5.41) is 12.6. The van der Waals surface area contributed by atoms with E-state index in [1.165, 1.54) is 12.8 Å². The van der Waals surface area contributed by atoms with Gasteiger partial charge < -0.3 is 11.1 Å². The summed E-state index contributed by atoms with van der Waals surface area (Å²) in [6, 6.07) is 8.44. The van der Waals surface area contributed by atoms with Crippen molar-refractivity contribution < 1.29 is 0 Å². The quantitative estimate of drug-likeness (QED) is 0.881. The summed E-state index contributed by atoms with van der Waals surface area (Å²) in [5.74, 6) is 0. The van der Waals surface area contributed by atoms with Crippen LogP contribution in [0.25, 0.3) is 0 Å². The third-order valence-electron chi connectivity index (χ3n) is 3.29. The van der Waals surface area contributed by atoms with Crippen LogP contribution in [-0.4, -0.2) is 12.1 Å². The molecule has 3 N–H and O–H groups in total. The summed E-state index contributed by atoms with van der Waals surface area (Å²) in [6.07, 6.45) is 4.57.